The summed E-state index contributed by atoms with van der Waals surface area (Å²) in [4.78, 5) is 18.6. The quantitative estimate of drug-likeness (QED) is 0.140. The Morgan fingerprint density at radius 3 is 1.90 bits per heavy atom. The fourth-order valence-electron chi connectivity index (χ4n) is 0.207. The Morgan fingerprint density at radius 2 is 1.80 bits per heavy atom. The molecule has 0 N–H and O–H groups in total. The predicted molar refractivity (Wildman–Crippen MR) is 26.9 cm³/mol. The number of rotatable bonds is 3. The van der Waals surface area contributed by atoms with Crippen molar-refractivity contribution >= 4 is 0 Å². The van der Waals surface area contributed by atoms with Gasteiger partial charge in [-0.15, -0.1) is 0 Å². The van der Waals surface area contributed by atoms with Gasteiger partial charge in [-0.05, 0) is 5.53 Å². The molecule has 0 fully saturated rings. The number of nitrogens with zero attached hydrogens (tertiary/aromatic N) is 5. The summed E-state index contributed by atoms with van der Waals surface area (Å²) >= 11 is 0. The highest BCUT2D eigenvalue weighted by Gasteiger charge is 2.29. The number of hydrogen-bond donors (Lipinski definition) is 0. The van der Waals surface area contributed by atoms with Crippen LogP contribution in [0.25, 0.3) is 10.4 Å². The Bertz CT molecular complexity index is 187. The first-order valence-electron chi connectivity index (χ1n) is 1.90. The third-order valence-corrected chi connectivity index (χ3v) is 0.532. The molecule has 0 radical (unpaired) electrons. The van der Waals surface area contributed by atoms with Crippen molar-refractivity contribution in [3.05, 3.63) is 30.7 Å². The lowest BCUT2D eigenvalue weighted by Gasteiger charge is -1.90. The van der Waals surface area contributed by atoms with E-state index in [0.29, 0.717) is 0 Å². The smallest absolute Gasteiger partial charge is 0.258 e. The zero-order valence-electron chi connectivity index (χ0n) is 4.45. The van der Waals surface area contributed by atoms with E-state index in [-0.39, 0.29) is 0 Å². The Kier molecular flexibility index (Phi) is 2.59. The fourth-order valence-corrected chi connectivity index (χ4v) is 0.207. The third kappa shape index (κ3) is 1.92. The maximum Gasteiger partial charge on any atom is 0.537 e. The Balaban J connectivity index is 4.41. The van der Waals surface area contributed by atoms with E-state index < -0.39 is 16.1 Å². The van der Waals surface area contributed by atoms with Crippen LogP contribution in [-0.2, 0) is 0 Å². The molecule has 0 aromatic carbocycles. The molecule has 9 heteroatoms. The standard InChI is InChI=1S/CHN5O4/c2-4-3-1(5(7)8)6(9)10/h1H. The van der Waals surface area contributed by atoms with Gasteiger partial charge >= 0.3 is 6.29 Å². The highest BCUT2D eigenvalue weighted by Crippen LogP contribution is 1.92. The fraction of sp³-hybridized carbons (Fsp3) is 1.00. The Hall–Kier alpha value is -1.89. The van der Waals surface area contributed by atoms with Gasteiger partial charge in [0.2, 0.25) is 0 Å². The molecule has 0 spiro atoms. The van der Waals surface area contributed by atoms with Crippen LogP contribution in [0.15, 0.2) is 5.11 Å². The predicted octanol–water partition coefficient (Wildman–Crippen LogP) is 0.134. The number of azide groups is 1. The first kappa shape index (κ1) is 8.11. The van der Waals surface area contributed by atoms with Crippen molar-refractivity contribution < 1.29 is 9.85 Å². The molecule has 0 aliphatic rings. The first-order chi connectivity index (χ1) is 4.59. The first-order valence-corrected chi connectivity index (χ1v) is 1.90. The number of hydrogen-bond acceptors (Lipinski definition) is 5. The second kappa shape index (κ2) is 3.20. The maximum atomic E-state index is 9.63. The SMILES string of the molecule is [N-]=[N+]=NC([N+](=O)[O-])[N+](=O)[O-]. The maximum absolute atomic E-state index is 9.63. The molecule has 0 unspecified atom stereocenters. The molecule has 10 heavy (non-hydrogen) atoms. The zero-order valence-corrected chi connectivity index (χ0v) is 4.45. The van der Waals surface area contributed by atoms with E-state index in [1.54, 1.807) is 0 Å². The molecule has 0 saturated heterocycles. The molecule has 0 aliphatic carbocycles. The van der Waals surface area contributed by atoms with Crippen molar-refractivity contribution in [1.29, 1.82) is 0 Å². The summed E-state index contributed by atoms with van der Waals surface area (Å²) in [5.41, 5.74) is 7.58. The van der Waals surface area contributed by atoms with Gasteiger partial charge in [0.05, 0.1) is 5.11 Å². The lowest BCUT2D eigenvalue weighted by molar-refractivity contribution is -0.740. The average Bonchev–Trinajstić information content (AvgIpc) is 1.81. The van der Waals surface area contributed by atoms with Crippen molar-refractivity contribution in [2.45, 2.75) is 6.29 Å². The van der Waals surface area contributed by atoms with Crippen LogP contribution >= 0.6 is 0 Å². The molecular formula is CHN5O4. The van der Waals surface area contributed by atoms with Crippen LogP contribution in [0, 0.1) is 20.2 Å². The topological polar surface area (TPSA) is 135 Å². The lowest BCUT2D eigenvalue weighted by atomic mass is 10.9. The lowest BCUT2D eigenvalue weighted by Crippen LogP contribution is -2.25. The average molecular weight is 147 g/mol. The molecule has 0 amide bonds. The van der Waals surface area contributed by atoms with Crippen LogP contribution in [0.5, 0.6) is 0 Å². The zero-order chi connectivity index (χ0) is 8.15. The van der Waals surface area contributed by atoms with E-state index in [0.717, 1.165) is 0 Å². The normalized spacial score (nSPS) is 8.50. The van der Waals surface area contributed by atoms with E-state index in [9.17, 15) is 20.2 Å². The van der Waals surface area contributed by atoms with Crippen LogP contribution in [0.2, 0.25) is 0 Å². The van der Waals surface area contributed by atoms with Gasteiger partial charge in [-0.3, -0.25) is 20.2 Å². The molecule has 0 heterocycles. The minimum absolute atomic E-state index is 1.29. The van der Waals surface area contributed by atoms with E-state index in [2.05, 4.69) is 5.11 Å². The van der Waals surface area contributed by atoms with Crippen molar-refractivity contribution in [1.82, 2.24) is 0 Å². The van der Waals surface area contributed by atoms with Gasteiger partial charge in [0, 0.05) is 4.91 Å². The molecular weight excluding hydrogens is 146 g/mol. The van der Waals surface area contributed by atoms with Crippen molar-refractivity contribution in [3.8, 4) is 0 Å². The Labute approximate surface area is 53.2 Å². The highest BCUT2D eigenvalue weighted by atomic mass is 16.7. The summed E-state index contributed by atoms with van der Waals surface area (Å²) in [7, 11) is 0. The van der Waals surface area contributed by atoms with Crippen LogP contribution in [-0.4, -0.2) is 16.1 Å². The van der Waals surface area contributed by atoms with Gasteiger partial charge in [0.1, 0.15) is 9.85 Å². The second-order valence-corrected chi connectivity index (χ2v) is 1.12. The van der Waals surface area contributed by atoms with Crippen LogP contribution in [0.3, 0.4) is 0 Å². The van der Waals surface area contributed by atoms with Gasteiger partial charge in [-0.1, -0.05) is 0 Å². The van der Waals surface area contributed by atoms with Crippen LogP contribution in [0.4, 0.5) is 0 Å². The summed E-state index contributed by atoms with van der Waals surface area (Å²) in [5, 5.41) is 21.6. The van der Waals surface area contributed by atoms with Crippen LogP contribution < -0.4 is 0 Å². The van der Waals surface area contributed by atoms with Gasteiger partial charge in [-0.2, -0.15) is 0 Å². The second-order valence-electron chi connectivity index (χ2n) is 1.12. The molecule has 0 saturated carbocycles. The van der Waals surface area contributed by atoms with E-state index in [1.165, 1.54) is 0 Å². The van der Waals surface area contributed by atoms with Crippen molar-refractivity contribution in [2.75, 3.05) is 0 Å². The Morgan fingerprint density at radius 1 is 1.40 bits per heavy atom. The summed E-state index contributed by atoms with van der Waals surface area (Å²) in [6, 6.07) is 0. The highest BCUT2D eigenvalue weighted by molar-refractivity contribution is 4.41. The van der Waals surface area contributed by atoms with Gasteiger partial charge in [-0.25, -0.2) is 0 Å². The molecule has 0 atom stereocenters. The molecule has 9 nitrogen and oxygen atoms in total. The summed E-state index contributed by atoms with van der Waals surface area (Å²) in [6.45, 7) is 0. The van der Waals surface area contributed by atoms with Crippen molar-refractivity contribution in [3.63, 3.8) is 0 Å². The summed E-state index contributed by atoms with van der Waals surface area (Å²) in [5.74, 6) is 0. The summed E-state index contributed by atoms with van der Waals surface area (Å²) < 4.78 is 0. The van der Waals surface area contributed by atoms with Gasteiger partial charge < -0.3 is 0 Å². The van der Waals surface area contributed by atoms with Gasteiger partial charge in [0.15, 0.2) is 0 Å². The van der Waals surface area contributed by atoms with Crippen LogP contribution in [0.1, 0.15) is 0 Å². The minimum Gasteiger partial charge on any atom is -0.258 e. The van der Waals surface area contributed by atoms with E-state index >= 15 is 0 Å². The molecule has 0 rings (SSSR count). The monoisotopic (exact) mass is 147 g/mol. The molecule has 0 aromatic rings. The molecule has 0 aromatic heterocycles. The molecule has 54 valence electrons. The van der Waals surface area contributed by atoms with Crippen molar-refractivity contribution in [2.24, 2.45) is 5.11 Å². The largest absolute Gasteiger partial charge is 0.537 e. The van der Waals surface area contributed by atoms with E-state index in [1.807, 2.05) is 4.91 Å². The number of nitro groups is 2. The summed E-state index contributed by atoms with van der Waals surface area (Å²) in [6.07, 6.45) is -2.41. The minimum atomic E-state index is -2.41. The van der Waals surface area contributed by atoms with E-state index in [4.69, 9.17) is 5.53 Å². The third-order valence-electron chi connectivity index (χ3n) is 0.532. The molecule has 0 aliphatic heterocycles. The van der Waals surface area contributed by atoms with Gasteiger partial charge in [0.25, 0.3) is 0 Å². The molecule has 0 bridgehead atoms.